The van der Waals surface area contributed by atoms with Gasteiger partial charge in [0, 0.05) is 17.2 Å². The van der Waals surface area contributed by atoms with Crippen LogP contribution in [0.5, 0.6) is 17.2 Å². The first-order valence-corrected chi connectivity index (χ1v) is 16.2. The van der Waals surface area contributed by atoms with Crippen molar-refractivity contribution in [3.8, 4) is 17.2 Å². The number of aromatic nitrogens is 1. The summed E-state index contributed by atoms with van der Waals surface area (Å²) >= 11 is 0. The topological polar surface area (TPSA) is 51.9 Å². The molecule has 0 fully saturated rings. The number of methoxy groups -OCH3 is 2. The first-order chi connectivity index (χ1) is 21.1. The summed E-state index contributed by atoms with van der Waals surface area (Å²) in [7, 11) is 5.24. The van der Waals surface area contributed by atoms with E-state index in [1.807, 2.05) is 83.5 Å². The fraction of sp³-hybridized carbons (Fsp3) is 0.514. The van der Waals surface area contributed by atoms with Crippen molar-refractivity contribution in [1.29, 1.82) is 0 Å². The van der Waals surface area contributed by atoms with E-state index in [9.17, 15) is 4.79 Å². The number of nitrogens with zero attached hydrogens (tertiary/aromatic N) is 2. The molecule has 242 valence electrons. The van der Waals surface area contributed by atoms with E-state index in [1.54, 1.807) is 14.2 Å². The molecule has 0 N–H and O–H groups in total. The Labute approximate surface area is 283 Å². The van der Waals surface area contributed by atoms with Gasteiger partial charge in [-0.1, -0.05) is 102 Å². The molecule has 0 saturated carbocycles. The molecule has 0 bridgehead atoms. The number of aryl methyl sites for hydroxylation is 1. The van der Waals surface area contributed by atoms with E-state index in [2.05, 4.69) is 6.92 Å². The molecule has 0 spiro atoms. The van der Waals surface area contributed by atoms with Gasteiger partial charge in [-0.2, -0.15) is 0 Å². The molecular formula is C37H53IN2O4. The van der Waals surface area contributed by atoms with Gasteiger partial charge in [-0.3, -0.25) is 4.79 Å². The van der Waals surface area contributed by atoms with Crippen LogP contribution < -0.4 is 42.8 Å². The van der Waals surface area contributed by atoms with E-state index in [0.29, 0.717) is 42.5 Å². The minimum atomic E-state index is -0.0984. The summed E-state index contributed by atoms with van der Waals surface area (Å²) in [6.45, 7) is 3.72. The summed E-state index contributed by atoms with van der Waals surface area (Å²) in [6, 6.07) is 17.3. The van der Waals surface area contributed by atoms with Crippen molar-refractivity contribution in [3.63, 3.8) is 0 Å². The van der Waals surface area contributed by atoms with Crippen molar-refractivity contribution in [2.45, 2.75) is 97.1 Å². The zero-order chi connectivity index (χ0) is 30.7. The molecule has 2 aromatic carbocycles. The second kappa shape index (κ2) is 21.8. The average Bonchev–Trinajstić information content (AvgIpc) is 3.03. The monoisotopic (exact) mass is 716 g/mol. The molecule has 0 unspecified atom stereocenters. The smallest absolute Gasteiger partial charge is 0.258 e. The number of halogens is 1. The largest absolute Gasteiger partial charge is 1.00 e. The van der Waals surface area contributed by atoms with Crippen LogP contribution >= 0.6 is 0 Å². The number of ether oxygens (including phenoxy) is 3. The Hall–Kier alpha value is -2.81. The molecule has 1 aromatic heterocycles. The Balaban J connectivity index is 0.00000675. The third kappa shape index (κ3) is 12.7. The highest BCUT2D eigenvalue weighted by atomic mass is 127. The predicted molar refractivity (Wildman–Crippen MR) is 174 cm³/mol. The fourth-order valence-electron chi connectivity index (χ4n) is 5.49. The number of pyridine rings is 1. The van der Waals surface area contributed by atoms with Crippen molar-refractivity contribution in [3.05, 3.63) is 83.7 Å². The summed E-state index contributed by atoms with van der Waals surface area (Å²) < 4.78 is 19.6. The Bertz CT molecular complexity index is 1240. The van der Waals surface area contributed by atoms with Gasteiger partial charge in [0.2, 0.25) is 0 Å². The van der Waals surface area contributed by atoms with Gasteiger partial charge in [0.1, 0.15) is 12.8 Å². The summed E-state index contributed by atoms with van der Waals surface area (Å²) in [6.07, 6.45) is 19.7. The zero-order valence-corrected chi connectivity index (χ0v) is 29.5. The van der Waals surface area contributed by atoms with Crippen molar-refractivity contribution in [1.82, 2.24) is 4.90 Å². The van der Waals surface area contributed by atoms with Gasteiger partial charge >= 0.3 is 0 Å². The third-order valence-electron chi connectivity index (χ3n) is 7.88. The fourth-order valence-corrected chi connectivity index (χ4v) is 5.49. The van der Waals surface area contributed by atoms with Gasteiger partial charge < -0.3 is 43.1 Å². The Morgan fingerprint density at radius 3 is 1.98 bits per heavy atom. The van der Waals surface area contributed by atoms with Gasteiger partial charge in [-0.25, -0.2) is 4.57 Å². The van der Waals surface area contributed by atoms with Crippen LogP contribution in [0.3, 0.4) is 0 Å². The predicted octanol–water partition coefficient (Wildman–Crippen LogP) is 5.45. The van der Waals surface area contributed by atoms with Crippen LogP contribution in [0.15, 0.2) is 67.0 Å². The molecule has 1 amide bonds. The van der Waals surface area contributed by atoms with E-state index in [0.717, 1.165) is 24.0 Å². The van der Waals surface area contributed by atoms with Crippen LogP contribution in [0.25, 0.3) is 0 Å². The number of amides is 1. The van der Waals surface area contributed by atoms with Crippen LogP contribution in [-0.2, 0) is 20.1 Å². The molecule has 6 nitrogen and oxygen atoms in total. The van der Waals surface area contributed by atoms with Crippen molar-refractivity contribution in [2.24, 2.45) is 7.05 Å². The highest BCUT2D eigenvalue weighted by molar-refractivity contribution is 5.97. The lowest BCUT2D eigenvalue weighted by molar-refractivity contribution is -0.672. The summed E-state index contributed by atoms with van der Waals surface area (Å²) in [4.78, 5) is 15.8. The molecule has 0 aliphatic heterocycles. The lowest BCUT2D eigenvalue weighted by Gasteiger charge is -2.25. The first kappa shape index (κ1) is 37.4. The van der Waals surface area contributed by atoms with Gasteiger partial charge in [0.25, 0.3) is 5.91 Å². The lowest BCUT2D eigenvalue weighted by Crippen LogP contribution is -3.00. The maximum absolute atomic E-state index is 13.9. The van der Waals surface area contributed by atoms with Gasteiger partial charge in [-0.15, -0.1) is 0 Å². The number of unbranched alkanes of at least 4 members (excludes halogenated alkanes) is 11. The van der Waals surface area contributed by atoms with Crippen molar-refractivity contribution >= 4 is 5.91 Å². The standard InChI is InChI=1S/C37H53N2O4.HI/c1-5-6-7-8-9-10-11-12-13-14-15-18-27-43-36-32(22-19-25-35(36)42-4)30-39(29-31-21-20-26-38(2)28-31)37(40)33-23-16-17-24-34(33)41-3;/h16-17,19-26,28H,5-15,18,27,29-30H2,1-4H3;1H/q+1;/p-1. The quantitative estimate of drug-likeness (QED) is 0.0837. The Kier molecular flexibility index (Phi) is 18.5. The second-order valence-corrected chi connectivity index (χ2v) is 11.4. The molecule has 3 aromatic rings. The maximum atomic E-state index is 13.9. The first-order valence-electron chi connectivity index (χ1n) is 16.2. The Morgan fingerprint density at radius 2 is 1.34 bits per heavy atom. The molecule has 44 heavy (non-hydrogen) atoms. The van der Waals surface area contributed by atoms with Gasteiger partial charge in [-0.05, 0) is 30.7 Å². The van der Waals surface area contributed by atoms with Crippen LogP contribution in [-0.4, -0.2) is 31.6 Å². The molecular weight excluding hydrogens is 663 g/mol. The number of hydrogen-bond acceptors (Lipinski definition) is 4. The van der Waals surface area contributed by atoms with E-state index < -0.39 is 0 Å². The molecule has 0 saturated heterocycles. The molecule has 0 radical (unpaired) electrons. The number of rotatable bonds is 21. The minimum absolute atomic E-state index is 0. The van der Waals surface area contributed by atoms with E-state index in [-0.39, 0.29) is 29.9 Å². The average molecular weight is 717 g/mol. The highest BCUT2D eigenvalue weighted by Gasteiger charge is 2.23. The van der Waals surface area contributed by atoms with Gasteiger partial charge in [0.05, 0.1) is 39.5 Å². The molecule has 0 aliphatic rings. The highest BCUT2D eigenvalue weighted by Crippen LogP contribution is 2.33. The van der Waals surface area contributed by atoms with E-state index >= 15 is 0 Å². The van der Waals surface area contributed by atoms with Crippen LogP contribution in [0.2, 0.25) is 0 Å². The van der Waals surface area contributed by atoms with Gasteiger partial charge in [0.15, 0.2) is 23.9 Å². The number of carbonyl (C=O) groups is 1. The molecule has 0 atom stereocenters. The molecule has 1 heterocycles. The SMILES string of the molecule is CCCCCCCCCCCCCCOc1c(CN(Cc2ccc[n+](C)c2)C(=O)c2ccccc2OC)cccc1OC.[I-]. The molecule has 0 aliphatic carbocycles. The molecule has 3 rings (SSSR count). The zero-order valence-electron chi connectivity index (χ0n) is 27.4. The van der Waals surface area contributed by atoms with Crippen LogP contribution in [0.4, 0.5) is 0 Å². The number of benzene rings is 2. The van der Waals surface area contributed by atoms with E-state index in [1.165, 1.54) is 64.2 Å². The summed E-state index contributed by atoms with van der Waals surface area (Å²) in [5, 5.41) is 0. The second-order valence-electron chi connectivity index (χ2n) is 11.4. The summed E-state index contributed by atoms with van der Waals surface area (Å²) in [5.74, 6) is 1.86. The number of hydrogen-bond donors (Lipinski definition) is 0. The number of carbonyl (C=O) groups excluding carboxylic acids is 1. The van der Waals surface area contributed by atoms with Crippen molar-refractivity contribution in [2.75, 3.05) is 20.8 Å². The maximum Gasteiger partial charge on any atom is 0.258 e. The van der Waals surface area contributed by atoms with Crippen molar-refractivity contribution < 1.29 is 47.5 Å². The van der Waals surface area contributed by atoms with Crippen LogP contribution in [0, 0.1) is 0 Å². The van der Waals surface area contributed by atoms with E-state index in [4.69, 9.17) is 14.2 Å². The summed E-state index contributed by atoms with van der Waals surface area (Å²) in [5.41, 5.74) is 2.49. The third-order valence-corrected chi connectivity index (χ3v) is 7.88. The Morgan fingerprint density at radius 1 is 0.727 bits per heavy atom. The number of para-hydroxylation sites is 2. The molecule has 7 heteroatoms. The van der Waals surface area contributed by atoms with Crippen LogP contribution in [0.1, 0.15) is 105 Å². The lowest BCUT2D eigenvalue weighted by atomic mass is 10.1. The minimum Gasteiger partial charge on any atom is -1.00 e. The normalized spacial score (nSPS) is 10.6.